The molecule has 0 bridgehead atoms. The van der Waals surface area contributed by atoms with Gasteiger partial charge in [-0.15, -0.1) is 0 Å². The summed E-state index contributed by atoms with van der Waals surface area (Å²) in [6, 6.07) is 12.1. The predicted octanol–water partition coefficient (Wildman–Crippen LogP) is 2.21. The summed E-state index contributed by atoms with van der Waals surface area (Å²) in [6.45, 7) is 0.225. The van der Waals surface area contributed by atoms with Crippen molar-refractivity contribution in [1.82, 2.24) is 0 Å². The second-order valence-corrected chi connectivity index (χ2v) is 3.32. The maximum atomic E-state index is 9.02. The highest BCUT2D eigenvalue weighted by molar-refractivity contribution is 5.20. The van der Waals surface area contributed by atoms with Crippen LogP contribution in [0.4, 0.5) is 0 Å². The lowest BCUT2D eigenvalue weighted by molar-refractivity contribution is 0.0739. The Morgan fingerprint density at radius 2 is 2.13 bits per heavy atom. The predicted molar refractivity (Wildman–Crippen MR) is 54.4 cm³/mol. The van der Waals surface area contributed by atoms with E-state index in [2.05, 4.69) is 6.07 Å². The molecular weight excluding hydrogens is 190 g/mol. The number of hydrogen-bond acceptors (Lipinski definition) is 3. The van der Waals surface area contributed by atoms with E-state index in [9.17, 15) is 0 Å². The van der Waals surface area contributed by atoms with Crippen LogP contribution in [0.2, 0.25) is 0 Å². The van der Waals surface area contributed by atoms with Crippen molar-refractivity contribution >= 4 is 0 Å². The minimum atomic E-state index is -0.255. The zero-order valence-electron chi connectivity index (χ0n) is 8.22. The molecule has 0 fully saturated rings. The number of benzene rings is 1. The molecule has 3 heteroatoms. The van der Waals surface area contributed by atoms with E-state index >= 15 is 0 Å². The van der Waals surface area contributed by atoms with Crippen molar-refractivity contribution in [2.75, 3.05) is 6.79 Å². The molecule has 0 N–H and O–H groups in total. The zero-order chi connectivity index (χ0) is 10.5. The Morgan fingerprint density at radius 3 is 2.73 bits per heavy atom. The van der Waals surface area contributed by atoms with E-state index < -0.39 is 0 Å². The lowest BCUT2D eigenvalue weighted by Gasteiger charge is -2.08. The molecule has 3 nitrogen and oxygen atoms in total. The molecule has 1 atom stereocenters. The van der Waals surface area contributed by atoms with Gasteiger partial charge in [-0.1, -0.05) is 30.3 Å². The molecule has 2 rings (SSSR count). The van der Waals surface area contributed by atoms with Crippen LogP contribution in [0.3, 0.4) is 0 Å². The summed E-state index contributed by atoms with van der Waals surface area (Å²) in [7, 11) is 0. The third kappa shape index (κ3) is 2.29. The van der Waals surface area contributed by atoms with Crippen LogP contribution < -0.4 is 0 Å². The van der Waals surface area contributed by atoms with E-state index in [4.69, 9.17) is 14.7 Å². The number of allylic oxidation sites excluding steroid dienone is 1. The highest BCUT2D eigenvalue weighted by Gasteiger charge is 2.19. The van der Waals surface area contributed by atoms with E-state index in [1.54, 1.807) is 0 Å². The van der Waals surface area contributed by atoms with Crippen molar-refractivity contribution in [1.29, 1.82) is 5.26 Å². The van der Waals surface area contributed by atoms with Crippen LogP contribution in [0.5, 0.6) is 0 Å². The van der Waals surface area contributed by atoms with Gasteiger partial charge in [-0.05, 0) is 12.0 Å². The Balaban J connectivity index is 2.07. The first-order valence-electron chi connectivity index (χ1n) is 4.78. The molecule has 1 aliphatic rings. The number of nitrogens with zero attached hydrogens (tertiary/aromatic N) is 1. The van der Waals surface area contributed by atoms with Crippen molar-refractivity contribution in [3.63, 3.8) is 0 Å². The molecule has 1 aromatic carbocycles. The molecule has 1 aromatic rings. The fourth-order valence-electron chi connectivity index (χ4n) is 1.49. The van der Waals surface area contributed by atoms with Crippen molar-refractivity contribution in [2.45, 2.75) is 6.42 Å². The second kappa shape index (κ2) is 4.52. The number of ether oxygens (including phenoxy) is 2. The lowest BCUT2D eigenvalue weighted by Crippen LogP contribution is -2.06. The molecule has 76 valence electrons. The third-order valence-electron chi connectivity index (χ3n) is 2.28. The van der Waals surface area contributed by atoms with Crippen LogP contribution in [0.15, 0.2) is 42.4 Å². The van der Waals surface area contributed by atoms with Gasteiger partial charge in [0.2, 0.25) is 6.79 Å². The molecule has 0 saturated heterocycles. The number of hydrogen-bond donors (Lipinski definition) is 0. The largest absolute Gasteiger partial charge is 0.462 e. The topological polar surface area (TPSA) is 42.2 Å². The summed E-state index contributed by atoms with van der Waals surface area (Å²) in [5.74, 6) is 0.372. The molecule has 0 saturated carbocycles. The van der Waals surface area contributed by atoms with E-state index in [-0.39, 0.29) is 12.7 Å². The maximum Gasteiger partial charge on any atom is 0.229 e. The average Bonchev–Trinajstić information content (AvgIpc) is 2.81. The van der Waals surface area contributed by atoms with Crippen molar-refractivity contribution in [2.24, 2.45) is 5.92 Å². The molecular formula is C12H11NO2. The third-order valence-corrected chi connectivity index (χ3v) is 2.28. The fourth-order valence-corrected chi connectivity index (χ4v) is 1.49. The molecule has 15 heavy (non-hydrogen) atoms. The quantitative estimate of drug-likeness (QED) is 0.753. The van der Waals surface area contributed by atoms with Crippen molar-refractivity contribution in [3.05, 3.63) is 47.9 Å². The van der Waals surface area contributed by atoms with Gasteiger partial charge in [-0.25, -0.2) is 0 Å². The Labute approximate surface area is 88.5 Å². The van der Waals surface area contributed by atoms with Crippen molar-refractivity contribution < 1.29 is 9.47 Å². The summed E-state index contributed by atoms with van der Waals surface area (Å²) in [6.07, 6.45) is 2.18. The van der Waals surface area contributed by atoms with Gasteiger partial charge in [0.05, 0.1) is 6.07 Å². The van der Waals surface area contributed by atoms with Gasteiger partial charge in [-0.2, -0.15) is 5.26 Å². The number of nitriles is 1. The van der Waals surface area contributed by atoms with E-state index in [0.29, 0.717) is 12.2 Å². The molecule has 0 aliphatic carbocycles. The Kier molecular flexibility index (Phi) is 2.89. The van der Waals surface area contributed by atoms with Gasteiger partial charge in [0.15, 0.2) is 5.76 Å². The first-order chi connectivity index (χ1) is 7.40. The minimum Gasteiger partial charge on any atom is -0.462 e. The summed E-state index contributed by atoms with van der Waals surface area (Å²) < 4.78 is 10.1. The first-order valence-corrected chi connectivity index (χ1v) is 4.78. The molecule has 1 heterocycles. The standard InChI is InChI=1S/C12H11NO2/c13-7-11(12-8-14-9-15-12)6-10-4-2-1-3-5-10/h1-5,8,11H,6,9H2. The van der Waals surface area contributed by atoms with Crippen LogP contribution in [-0.2, 0) is 15.9 Å². The van der Waals surface area contributed by atoms with Crippen molar-refractivity contribution in [3.8, 4) is 6.07 Å². The highest BCUT2D eigenvalue weighted by Crippen LogP contribution is 2.20. The summed E-state index contributed by atoms with van der Waals surface area (Å²) in [5, 5.41) is 9.02. The van der Waals surface area contributed by atoms with Gasteiger partial charge < -0.3 is 9.47 Å². The van der Waals surface area contributed by atoms with Gasteiger partial charge in [0, 0.05) is 0 Å². The minimum absolute atomic E-state index is 0.225. The zero-order valence-corrected chi connectivity index (χ0v) is 8.22. The molecule has 1 unspecified atom stereocenters. The van der Waals surface area contributed by atoms with Gasteiger partial charge in [0.25, 0.3) is 0 Å². The van der Waals surface area contributed by atoms with E-state index in [0.717, 1.165) is 5.56 Å². The van der Waals surface area contributed by atoms with Crippen LogP contribution in [-0.4, -0.2) is 6.79 Å². The lowest BCUT2D eigenvalue weighted by atomic mass is 9.99. The van der Waals surface area contributed by atoms with Gasteiger partial charge >= 0.3 is 0 Å². The Morgan fingerprint density at radius 1 is 1.33 bits per heavy atom. The highest BCUT2D eigenvalue weighted by atomic mass is 16.7. The molecule has 1 aliphatic heterocycles. The van der Waals surface area contributed by atoms with E-state index in [1.807, 2.05) is 30.3 Å². The summed E-state index contributed by atoms with van der Waals surface area (Å²) in [4.78, 5) is 0. The Bertz CT molecular complexity index is 392. The monoisotopic (exact) mass is 201 g/mol. The van der Waals surface area contributed by atoms with Crippen LogP contribution >= 0.6 is 0 Å². The summed E-state index contributed by atoms with van der Waals surface area (Å²) in [5.41, 5.74) is 1.13. The molecule has 0 radical (unpaired) electrons. The normalized spacial score (nSPS) is 15.8. The molecule has 0 aromatic heterocycles. The summed E-state index contributed by atoms with van der Waals surface area (Å²) >= 11 is 0. The van der Waals surface area contributed by atoms with E-state index in [1.165, 1.54) is 6.26 Å². The SMILES string of the molecule is N#CC(Cc1ccccc1)C1=COCO1. The van der Waals surface area contributed by atoms with Crippen LogP contribution in [0.25, 0.3) is 0 Å². The van der Waals surface area contributed by atoms with Crippen LogP contribution in [0, 0.1) is 17.2 Å². The Hall–Kier alpha value is -1.95. The number of rotatable bonds is 3. The first kappa shape index (κ1) is 9.60. The molecule has 0 spiro atoms. The smallest absolute Gasteiger partial charge is 0.229 e. The van der Waals surface area contributed by atoms with Gasteiger partial charge in [-0.3, -0.25) is 0 Å². The van der Waals surface area contributed by atoms with Gasteiger partial charge in [0.1, 0.15) is 12.2 Å². The second-order valence-electron chi connectivity index (χ2n) is 3.32. The average molecular weight is 201 g/mol. The van der Waals surface area contributed by atoms with Crippen LogP contribution in [0.1, 0.15) is 5.56 Å². The maximum absolute atomic E-state index is 9.02. The fraction of sp³-hybridized carbons (Fsp3) is 0.250. The molecule has 0 amide bonds.